The summed E-state index contributed by atoms with van der Waals surface area (Å²) in [7, 11) is 0. The molecule has 0 spiro atoms. The maximum atomic E-state index is 12.4. The van der Waals surface area contributed by atoms with Crippen LogP contribution in [0.3, 0.4) is 0 Å². The van der Waals surface area contributed by atoms with E-state index in [1.54, 1.807) is 0 Å². The summed E-state index contributed by atoms with van der Waals surface area (Å²) < 4.78 is 0. The van der Waals surface area contributed by atoms with Crippen molar-refractivity contribution in [2.24, 2.45) is 0 Å². The van der Waals surface area contributed by atoms with Crippen molar-refractivity contribution in [2.75, 3.05) is 32.7 Å². The molecular weight excluding hydrogens is 314 g/mol. The molecule has 1 aromatic heterocycles. The smallest absolute Gasteiger partial charge is 0.251 e. The lowest BCUT2D eigenvalue weighted by atomic mass is 10.0. The largest absolute Gasteiger partial charge is 0.340 e. The predicted molar refractivity (Wildman–Crippen MR) is 101 cm³/mol. The Morgan fingerprint density at radius 2 is 1.88 bits per heavy atom. The summed E-state index contributed by atoms with van der Waals surface area (Å²) in [5, 5.41) is 1.03. The van der Waals surface area contributed by atoms with E-state index < -0.39 is 0 Å². The van der Waals surface area contributed by atoms with Gasteiger partial charge in [-0.2, -0.15) is 0 Å². The van der Waals surface area contributed by atoms with Crippen LogP contribution in [0.1, 0.15) is 30.0 Å². The van der Waals surface area contributed by atoms with Gasteiger partial charge < -0.3 is 14.8 Å². The first-order valence-corrected chi connectivity index (χ1v) is 9.12. The molecule has 1 N–H and O–H groups in total. The van der Waals surface area contributed by atoms with Crippen molar-refractivity contribution >= 4 is 16.8 Å². The molecule has 0 radical (unpaired) electrons. The molecule has 3 rings (SSSR count). The van der Waals surface area contributed by atoms with Crippen LogP contribution in [0.25, 0.3) is 10.9 Å². The van der Waals surface area contributed by atoms with E-state index >= 15 is 0 Å². The summed E-state index contributed by atoms with van der Waals surface area (Å²) >= 11 is 0. The van der Waals surface area contributed by atoms with Crippen molar-refractivity contribution in [3.8, 4) is 0 Å². The van der Waals surface area contributed by atoms with Gasteiger partial charge in [0.2, 0.25) is 5.91 Å². The van der Waals surface area contributed by atoms with Gasteiger partial charge in [-0.3, -0.25) is 9.59 Å². The maximum Gasteiger partial charge on any atom is 0.251 e. The standard InChI is InChI=1S/C20H27N3O2/c1-4-22-9-11-23(12-10-22)18(24)8-7-17-13-16-6-5-14(2)15(3)19(16)21-20(17)25/h5-6,13H,4,7-12H2,1-3H3,(H,21,25). The van der Waals surface area contributed by atoms with Crippen molar-refractivity contribution in [3.63, 3.8) is 0 Å². The summed E-state index contributed by atoms with van der Waals surface area (Å²) in [6.07, 6.45) is 0.885. The highest BCUT2D eigenvalue weighted by Crippen LogP contribution is 2.19. The zero-order valence-electron chi connectivity index (χ0n) is 15.4. The van der Waals surface area contributed by atoms with Crippen molar-refractivity contribution in [1.82, 2.24) is 14.8 Å². The lowest BCUT2D eigenvalue weighted by Gasteiger charge is -2.34. The number of likely N-dealkylation sites (N-methyl/N-ethyl adjacent to an activating group) is 1. The highest BCUT2D eigenvalue weighted by atomic mass is 16.2. The van der Waals surface area contributed by atoms with Gasteiger partial charge in [0.25, 0.3) is 5.56 Å². The summed E-state index contributed by atoms with van der Waals surface area (Å²) in [6, 6.07) is 6.03. The third kappa shape index (κ3) is 3.76. The number of amides is 1. The van der Waals surface area contributed by atoms with E-state index in [-0.39, 0.29) is 11.5 Å². The third-order valence-electron chi connectivity index (χ3n) is 5.41. The van der Waals surface area contributed by atoms with Gasteiger partial charge in [-0.1, -0.05) is 19.1 Å². The topological polar surface area (TPSA) is 56.4 Å². The van der Waals surface area contributed by atoms with Gasteiger partial charge in [-0.05, 0) is 49.4 Å². The molecule has 5 nitrogen and oxygen atoms in total. The highest BCUT2D eigenvalue weighted by molar-refractivity contribution is 5.83. The lowest BCUT2D eigenvalue weighted by molar-refractivity contribution is -0.132. The number of nitrogens with one attached hydrogen (secondary N) is 1. The fourth-order valence-corrected chi connectivity index (χ4v) is 3.47. The lowest BCUT2D eigenvalue weighted by Crippen LogP contribution is -2.48. The number of hydrogen-bond donors (Lipinski definition) is 1. The monoisotopic (exact) mass is 341 g/mol. The average molecular weight is 341 g/mol. The van der Waals surface area contributed by atoms with Crippen LogP contribution in [0.5, 0.6) is 0 Å². The Kier molecular flexibility index (Phi) is 5.23. The van der Waals surface area contributed by atoms with E-state index in [0.717, 1.165) is 54.8 Å². The second kappa shape index (κ2) is 7.40. The number of pyridine rings is 1. The van der Waals surface area contributed by atoms with Gasteiger partial charge in [-0.25, -0.2) is 0 Å². The van der Waals surface area contributed by atoms with Crippen LogP contribution in [-0.4, -0.2) is 53.4 Å². The number of aromatic amines is 1. The Labute approximate surface area is 148 Å². The van der Waals surface area contributed by atoms with Gasteiger partial charge in [0.1, 0.15) is 0 Å². The van der Waals surface area contributed by atoms with Crippen LogP contribution in [-0.2, 0) is 11.2 Å². The molecule has 1 aromatic carbocycles. The first-order valence-electron chi connectivity index (χ1n) is 9.12. The second-order valence-electron chi connectivity index (χ2n) is 6.91. The minimum absolute atomic E-state index is 0.0789. The van der Waals surface area contributed by atoms with Crippen molar-refractivity contribution < 1.29 is 4.79 Å². The Morgan fingerprint density at radius 1 is 1.16 bits per heavy atom. The Hall–Kier alpha value is -2.14. The van der Waals surface area contributed by atoms with Gasteiger partial charge in [0.15, 0.2) is 0 Å². The van der Waals surface area contributed by atoms with Gasteiger partial charge in [0, 0.05) is 38.2 Å². The van der Waals surface area contributed by atoms with E-state index in [2.05, 4.69) is 22.9 Å². The minimum Gasteiger partial charge on any atom is -0.340 e. The molecule has 1 aliphatic rings. The van der Waals surface area contributed by atoms with Gasteiger partial charge in [-0.15, -0.1) is 0 Å². The molecule has 5 heteroatoms. The number of aromatic nitrogens is 1. The molecule has 1 amide bonds. The molecule has 2 aromatic rings. The number of piperazine rings is 1. The second-order valence-corrected chi connectivity index (χ2v) is 6.91. The van der Waals surface area contributed by atoms with Gasteiger partial charge >= 0.3 is 0 Å². The zero-order valence-corrected chi connectivity index (χ0v) is 15.4. The minimum atomic E-state index is -0.0789. The van der Waals surface area contributed by atoms with Crippen molar-refractivity contribution in [2.45, 2.75) is 33.6 Å². The predicted octanol–water partition coefficient (Wildman–Crippen LogP) is 2.24. The van der Waals surface area contributed by atoms with Crippen LogP contribution in [0.4, 0.5) is 0 Å². The van der Waals surface area contributed by atoms with Crippen LogP contribution in [0, 0.1) is 13.8 Å². The number of nitrogens with zero attached hydrogens (tertiary/aromatic N) is 2. The molecule has 0 aliphatic carbocycles. The average Bonchev–Trinajstić information content (AvgIpc) is 2.63. The first-order chi connectivity index (χ1) is 12.0. The number of fused-ring (bicyclic) bond motifs is 1. The zero-order chi connectivity index (χ0) is 18.0. The SMILES string of the molecule is CCN1CCN(C(=O)CCc2cc3ccc(C)c(C)c3[nH]c2=O)CC1. The molecule has 25 heavy (non-hydrogen) atoms. The fraction of sp³-hybridized carbons (Fsp3) is 0.500. The van der Waals surface area contributed by atoms with Gasteiger partial charge in [0.05, 0.1) is 5.52 Å². The molecule has 1 aliphatic heterocycles. The van der Waals surface area contributed by atoms with Crippen LogP contribution >= 0.6 is 0 Å². The molecule has 0 bridgehead atoms. The summed E-state index contributed by atoms with van der Waals surface area (Å²) in [5.74, 6) is 0.148. The number of aryl methyl sites for hydroxylation is 3. The summed E-state index contributed by atoms with van der Waals surface area (Å²) in [4.78, 5) is 32.1. The number of H-pyrrole nitrogens is 1. The molecule has 1 saturated heterocycles. The molecule has 2 heterocycles. The third-order valence-corrected chi connectivity index (χ3v) is 5.41. The van der Waals surface area contributed by atoms with E-state index in [9.17, 15) is 9.59 Å². The summed E-state index contributed by atoms with van der Waals surface area (Å²) in [6.45, 7) is 10.7. The molecule has 0 saturated carbocycles. The maximum absolute atomic E-state index is 12.4. The number of benzene rings is 1. The number of rotatable bonds is 4. The number of carbonyl (C=O) groups is 1. The Balaban J connectivity index is 1.69. The van der Waals surface area contributed by atoms with Crippen LogP contribution < -0.4 is 5.56 Å². The van der Waals surface area contributed by atoms with E-state index in [1.807, 2.05) is 30.9 Å². The van der Waals surface area contributed by atoms with Crippen LogP contribution in [0.2, 0.25) is 0 Å². The molecular formula is C20H27N3O2. The van der Waals surface area contributed by atoms with E-state index in [4.69, 9.17) is 0 Å². The van der Waals surface area contributed by atoms with Crippen molar-refractivity contribution in [1.29, 1.82) is 0 Å². The summed E-state index contributed by atoms with van der Waals surface area (Å²) in [5.41, 5.74) is 3.78. The quantitative estimate of drug-likeness (QED) is 0.928. The highest BCUT2D eigenvalue weighted by Gasteiger charge is 2.20. The number of hydrogen-bond acceptors (Lipinski definition) is 3. The molecule has 0 unspecified atom stereocenters. The van der Waals surface area contributed by atoms with Crippen LogP contribution in [0.15, 0.2) is 23.0 Å². The normalized spacial score (nSPS) is 15.7. The van der Waals surface area contributed by atoms with E-state index in [0.29, 0.717) is 18.4 Å². The number of carbonyl (C=O) groups excluding carboxylic acids is 1. The molecule has 134 valence electrons. The first kappa shape index (κ1) is 17.7. The van der Waals surface area contributed by atoms with Crippen molar-refractivity contribution in [3.05, 3.63) is 45.2 Å². The molecule has 0 atom stereocenters. The fourth-order valence-electron chi connectivity index (χ4n) is 3.47. The Morgan fingerprint density at radius 3 is 2.56 bits per heavy atom. The van der Waals surface area contributed by atoms with E-state index in [1.165, 1.54) is 0 Å². The molecule has 1 fully saturated rings. The Bertz CT molecular complexity index is 833.